The number of halogens is 4. The number of benzene rings is 1. The van der Waals surface area contributed by atoms with E-state index in [1.165, 1.54) is 25.0 Å². The van der Waals surface area contributed by atoms with E-state index in [0.29, 0.717) is 29.7 Å². The minimum atomic E-state index is -2.97. The first-order valence-electron chi connectivity index (χ1n) is 7.94. The minimum absolute atomic E-state index is 0.0287. The van der Waals surface area contributed by atoms with Gasteiger partial charge >= 0.3 is 6.61 Å². The maximum atomic E-state index is 12.6. The van der Waals surface area contributed by atoms with Crippen LogP contribution in [0, 0.1) is 5.92 Å². The summed E-state index contributed by atoms with van der Waals surface area (Å²) in [6.45, 7) is -0.852. The number of rotatable bonds is 9. The molecule has 9 heteroatoms. The van der Waals surface area contributed by atoms with Crippen molar-refractivity contribution in [3.8, 4) is 5.75 Å². The molecule has 0 radical (unpaired) electrons. The second-order valence-corrected chi connectivity index (χ2v) is 6.47. The van der Waals surface area contributed by atoms with Gasteiger partial charge in [-0.3, -0.25) is 4.99 Å². The molecule has 0 aromatic heterocycles. The molecule has 1 aromatic carbocycles. The Morgan fingerprint density at radius 3 is 2.72 bits per heavy atom. The Bertz CT molecular complexity index is 599. The van der Waals surface area contributed by atoms with Crippen molar-refractivity contribution in [3.05, 3.63) is 27.7 Å². The van der Waals surface area contributed by atoms with E-state index in [2.05, 4.69) is 20.4 Å². The van der Waals surface area contributed by atoms with E-state index in [0.717, 1.165) is 12.5 Å². The van der Waals surface area contributed by atoms with E-state index in [4.69, 9.17) is 27.9 Å². The van der Waals surface area contributed by atoms with Gasteiger partial charge < -0.3 is 20.1 Å². The van der Waals surface area contributed by atoms with Crippen LogP contribution < -0.4 is 15.4 Å². The molecule has 0 unspecified atom stereocenters. The fourth-order valence-corrected chi connectivity index (χ4v) is 2.72. The van der Waals surface area contributed by atoms with E-state index in [1.807, 2.05) is 0 Å². The van der Waals surface area contributed by atoms with Crippen molar-refractivity contribution in [2.45, 2.75) is 26.0 Å². The molecule has 0 saturated heterocycles. The van der Waals surface area contributed by atoms with Crippen molar-refractivity contribution < 1.29 is 18.3 Å². The second kappa shape index (κ2) is 9.99. The van der Waals surface area contributed by atoms with Gasteiger partial charge in [-0.25, -0.2) is 0 Å². The van der Waals surface area contributed by atoms with Gasteiger partial charge in [0.05, 0.1) is 11.6 Å². The molecular formula is C16H21Cl2F2N3O2. The van der Waals surface area contributed by atoms with Crippen LogP contribution in [0.1, 0.15) is 18.4 Å². The van der Waals surface area contributed by atoms with Crippen LogP contribution in [0.4, 0.5) is 8.78 Å². The monoisotopic (exact) mass is 395 g/mol. The number of guanidine groups is 1. The SMILES string of the molecule is CN=C(NCCOCC1CC1)NCc1cc(Cl)cc(Cl)c1OC(F)F. The summed E-state index contributed by atoms with van der Waals surface area (Å²) < 4.78 is 35.1. The second-order valence-electron chi connectivity index (χ2n) is 5.63. The molecule has 5 nitrogen and oxygen atoms in total. The largest absolute Gasteiger partial charge is 0.433 e. The lowest BCUT2D eigenvalue weighted by Crippen LogP contribution is -2.38. The smallest absolute Gasteiger partial charge is 0.387 e. The summed E-state index contributed by atoms with van der Waals surface area (Å²) in [5.74, 6) is 1.13. The molecule has 1 aliphatic rings. The van der Waals surface area contributed by atoms with Crippen LogP contribution in [0.5, 0.6) is 5.75 Å². The van der Waals surface area contributed by atoms with Crippen LogP contribution in [0.2, 0.25) is 10.0 Å². The molecule has 0 amide bonds. The van der Waals surface area contributed by atoms with Gasteiger partial charge in [0.2, 0.25) is 0 Å². The fraction of sp³-hybridized carbons (Fsp3) is 0.562. The molecule has 1 saturated carbocycles. The van der Waals surface area contributed by atoms with E-state index in [-0.39, 0.29) is 17.3 Å². The van der Waals surface area contributed by atoms with Crippen molar-refractivity contribution in [3.63, 3.8) is 0 Å². The first kappa shape index (κ1) is 20.0. The Kier molecular flexibility index (Phi) is 7.99. The Morgan fingerprint density at radius 2 is 2.08 bits per heavy atom. The van der Waals surface area contributed by atoms with Gasteiger partial charge in [-0.15, -0.1) is 0 Å². The molecule has 0 heterocycles. The van der Waals surface area contributed by atoms with Crippen molar-refractivity contribution in [1.82, 2.24) is 10.6 Å². The molecule has 1 fully saturated rings. The summed E-state index contributed by atoms with van der Waals surface area (Å²) in [5.41, 5.74) is 0.408. The van der Waals surface area contributed by atoms with Crippen LogP contribution in [-0.4, -0.2) is 39.4 Å². The third-order valence-electron chi connectivity index (χ3n) is 3.55. The number of hydrogen-bond donors (Lipinski definition) is 2. The summed E-state index contributed by atoms with van der Waals surface area (Å²) in [6, 6.07) is 2.87. The average Bonchev–Trinajstić information content (AvgIpc) is 3.37. The maximum absolute atomic E-state index is 12.6. The molecule has 140 valence electrons. The Morgan fingerprint density at radius 1 is 1.32 bits per heavy atom. The summed E-state index contributed by atoms with van der Waals surface area (Å²) in [4.78, 5) is 4.07. The third-order valence-corrected chi connectivity index (χ3v) is 4.05. The molecule has 2 rings (SSSR count). The van der Waals surface area contributed by atoms with E-state index in [1.54, 1.807) is 7.05 Å². The maximum Gasteiger partial charge on any atom is 0.387 e. The molecule has 0 spiro atoms. The number of alkyl halides is 2. The molecule has 1 aliphatic carbocycles. The molecule has 25 heavy (non-hydrogen) atoms. The quantitative estimate of drug-likeness (QED) is 0.380. The topological polar surface area (TPSA) is 54.9 Å². The van der Waals surface area contributed by atoms with Crippen LogP contribution in [-0.2, 0) is 11.3 Å². The molecule has 0 atom stereocenters. The van der Waals surface area contributed by atoms with Crippen molar-refractivity contribution in [2.75, 3.05) is 26.8 Å². The zero-order valence-electron chi connectivity index (χ0n) is 13.8. The van der Waals surface area contributed by atoms with Gasteiger partial charge in [-0.1, -0.05) is 23.2 Å². The summed E-state index contributed by atoms with van der Waals surface area (Å²) >= 11 is 11.9. The number of aliphatic imine (C=N–C) groups is 1. The number of ether oxygens (including phenoxy) is 2. The standard InChI is InChI=1S/C16H21Cl2F2N3O2/c1-21-16(22-4-5-24-9-10-2-3-10)23-8-11-6-12(17)7-13(18)14(11)25-15(19)20/h6-7,10,15H,2-5,8-9H2,1H3,(H2,21,22,23). The lowest BCUT2D eigenvalue weighted by Gasteiger charge is -2.16. The van der Waals surface area contributed by atoms with Gasteiger partial charge in [0.15, 0.2) is 5.96 Å². The van der Waals surface area contributed by atoms with Crippen molar-refractivity contribution in [2.24, 2.45) is 10.9 Å². The van der Waals surface area contributed by atoms with Gasteiger partial charge in [-0.2, -0.15) is 8.78 Å². The van der Waals surface area contributed by atoms with Crippen LogP contribution in [0.25, 0.3) is 0 Å². The van der Waals surface area contributed by atoms with Gasteiger partial charge in [0.1, 0.15) is 5.75 Å². The summed E-state index contributed by atoms with van der Waals surface area (Å²) in [7, 11) is 1.61. The highest BCUT2D eigenvalue weighted by atomic mass is 35.5. The van der Waals surface area contributed by atoms with Crippen LogP contribution >= 0.6 is 23.2 Å². The van der Waals surface area contributed by atoms with E-state index < -0.39 is 6.61 Å². The minimum Gasteiger partial charge on any atom is -0.433 e. The zero-order chi connectivity index (χ0) is 18.2. The molecule has 0 aliphatic heterocycles. The van der Waals surface area contributed by atoms with Gasteiger partial charge in [-0.05, 0) is 30.9 Å². The summed E-state index contributed by atoms with van der Waals surface area (Å²) in [5, 5.41) is 6.45. The van der Waals surface area contributed by atoms with E-state index in [9.17, 15) is 8.78 Å². The Hall–Kier alpha value is -1.31. The predicted octanol–water partition coefficient (Wildman–Crippen LogP) is 3.69. The van der Waals surface area contributed by atoms with Crippen molar-refractivity contribution in [1.29, 1.82) is 0 Å². The normalized spacial score (nSPS) is 14.7. The molecular weight excluding hydrogens is 375 g/mol. The van der Waals surface area contributed by atoms with Crippen molar-refractivity contribution >= 4 is 29.2 Å². The predicted molar refractivity (Wildman–Crippen MR) is 94.8 cm³/mol. The first-order valence-corrected chi connectivity index (χ1v) is 8.70. The fourth-order valence-electron chi connectivity index (χ4n) is 2.14. The lowest BCUT2D eigenvalue weighted by molar-refractivity contribution is -0.0504. The van der Waals surface area contributed by atoms with Gasteiger partial charge in [0, 0.05) is 37.3 Å². The van der Waals surface area contributed by atoms with Gasteiger partial charge in [0.25, 0.3) is 0 Å². The average molecular weight is 396 g/mol. The van der Waals surface area contributed by atoms with Crippen LogP contribution in [0.15, 0.2) is 17.1 Å². The zero-order valence-corrected chi connectivity index (χ0v) is 15.3. The molecule has 0 bridgehead atoms. The highest BCUT2D eigenvalue weighted by Crippen LogP contribution is 2.33. The summed E-state index contributed by atoms with van der Waals surface area (Å²) in [6.07, 6.45) is 2.50. The number of nitrogens with zero attached hydrogens (tertiary/aromatic N) is 1. The first-order chi connectivity index (χ1) is 12.0. The third kappa shape index (κ3) is 7.22. The Labute approximate surface area is 155 Å². The lowest BCUT2D eigenvalue weighted by atomic mass is 10.2. The highest BCUT2D eigenvalue weighted by molar-refractivity contribution is 6.35. The number of hydrogen-bond acceptors (Lipinski definition) is 3. The van der Waals surface area contributed by atoms with E-state index >= 15 is 0 Å². The molecule has 1 aromatic rings. The molecule has 2 N–H and O–H groups in total. The highest BCUT2D eigenvalue weighted by Gasteiger charge is 2.20. The van der Waals surface area contributed by atoms with Crippen LogP contribution in [0.3, 0.4) is 0 Å². The number of nitrogens with one attached hydrogen (secondary N) is 2. The Balaban J connectivity index is 1.84.